The highest BCUT2D eigenvalue weighted by atomic mass is 32.1. The normalized spacial score (nSPS) is 21.0. The molecule has 18 heteroatoms. The summed E-state index contributed by atoms with van der Waals surface area (Å²) in [5.41, 5.74) is 7.12. The SMILES string of the molecule is COc1cc2cc(-c3ccccc3O)nnc2cc1CN1CC[C@@H](N2CCN(c3cc([C@H](C(=O)N4C[C@H](O)C[C@H]4C(=O)N[C@@H](C)c4ccc(-c5scnc5C)cc4)C(C)C)on3)CC2)C(F)(F)C1. The zero-order valence-corrected chi connectivity index (χ0v) is 39.6. The number of carbonyl (C=O) groups is 2. The highest BCUT2D eigenvalue weighted by Crippen LogP contribution is 2.38. The molecule has 3 aromatic carbocycles. The minimum absolute atomic E-state index is 0.0142. The highest BCUT2D eigenvalue weighted by Gasteiger charge is 2.48. The van der Waals surface area contributed by atoms with Crippen LogP contribution in [0.4, 0.5) is 14.6 Å². The first-order valence-electron chi connectivity index (χ1n) is 23.1. The Morgan fingerprint density at radius 1 is 1.00 bits per heavy atom. The van der Waals surface area contributed by atoms with E-state index in [-0.39, 0.29) is 55.5 Å². The lowest BCUT2D eigenvalue weighted by atomic mass is 9.91. The Bertz CT molecular complexity index is 2760. The number of methoxy groups -OCH3 is 1. The fourth-order valence-electron chi connectivity index (χ4n) is 10.0. The third-order valence-corrected chi connectivity index (χ3v) is 14.7. The minimum atomic E-state index is -2.98. The third-order valence-electron chi connectivity index (χ3n) is 13.7. The van der Waals surface area contributed by atoms with Crippen molar-refractivity contribution in [1.29, 1.82) is 0 Å². The number of benzene rings is 3. The summed E-state index contributed by atoms with van der Waals surface area (Å²) in [5.74, 6) is -3.14. The van der Waals surface area contributed by atoms with E-state index in [0.717, 1.165) is 32.6 Å². The number of likely N-dealkylation sites (tertiary alicyclic amines) is 2. The number of β-amino-alcohol motifs (C(OH)–C–C–N with tert-alkyl or cyclic N) is 1. The van der Waals surface area contributed by atoms with Crippen molar-refractivity contribution >= 4 is 39.9 Å². The van der Waals surface area contributed by atoms with Crippen LogP contribution in [0.2, 0.25) is 0 Å². The van der Waals surface area contributed by atoms with E-state index in [0.29, 0.717) is 66.8 Å². The van der Waals surface area contributed by atoms with Gasteiger partial charge in [0, 0.05) is 74.8 Å². The number of nitrogens with zero attached hydrogens (tertiary/aromatic N) is 8. The van der Waals surface area contributed by atoms with Crippen LogP contribution in [0.15, 0.2) is 82.8 Å². The number of amides is 2. The number of aromatic nitrogens is 4. The van der Waals surface area contributed by atoms with Crippen molar-refractivity contribution in [3.63, 3.8) is 0 Å². The predicted molar refractivity (Wildman–Crippen MR) is 255 cm³/mol. The summed E-state index contributed by atoms with van der Waals surface area (Å²) in [6, 6.07) is 19.9. The number of aliphatic hydroxyl groups excluding tert-OH is 1. The van der Waals surface area contributed by atoms with Crippen LogP contribution in [0.3, 0.4) is 0 Å². The number of fused-ring (bicyclic) bond motifs is 1. The first kappa shape index (κ1) is 47.0. The number of nitrogens with one attached hydrogen (secondary N) is 1. The number of piperidine rings is 1. The van der Waals surface area contributed by atoms with Crippen LogP contribution in [0.5, 0.6) is 11.5 Å². The van der Waals surface area contributed by atoms with E-state index in [1.807, 2.05) is 91.5 Å². The number of hydrogen-bond donors (Lipinski definition) is 3. The number of phenols is 1. The summed E-state index contributed by atoms with van der Waals surface area (Å²) in [6.07, 6.45) is -0.470. The Morgan fingerprint density at radius 3 is 2.46 bits per heavy atom. The number of aryl methyl sites for hydroxylation is 1. The second kappa shape index (κ2) is 19.5. The first-order valence-corrected chi connectivity index (χ1v) is 24.0. The molecule has 3 aliphatic heterocycles. The van der Waals surface area contributed by atoms with Crippen molar-refractivity contribution in [2.75, 3.05) is 57.8 Å². The van der Waals surface area contributed by atoms with Gasteiger partial charge in [-0.15, -0.1) is 21.5 Å². The molecule has 9 rings (SSSR count). The van der Waals surface area contributed by atoms with Gasteiger partial charge in [-0.2, -0.15) is 0 Å². The maximum Gasteiger partial charge on any atom is 0.275 e. The van der Waals surface area contributed by atoms with E-state index in [1.165, 1.54) is 4.90 Å². The van der Waals surface area contributed by atoms with Gasteiger partial charge < -0.3 is 34.6 Å². The lowest BCUT2D eigenvalue weighted by Crippen LogP contribution is -2.61. The summed E-state index contributed by atoms with van der Waals surface area (Å²) in [4.78, 5) is 40.6. The van der Waals surface area contributed by atoms with E-state index in [9.17, 15) is 19.8 Å². The number of carbonyl (C=O) groups excluding carboxylic acids is 2. The van der Waals surface area contributed by atoms with E-state index < -0.39 is 36.6 Å². The molecule has 6 aromatic rings. The largest absolute Gasteiger partial charge is 0.507 e. The maximum atomic E-state index is 16.1. The summed E-state index contributed by atoms with van der Waals surface area (Å²) in [6.45, 7) is 9.66. The molecule has 0 spiro atoms. The Labute approximate surface area is 397 Å². The standard InChI is InChI=1S/C50H57F2N9O6S/c1-29(2)46(49(65)61-26-36(62)23-40(61)48(64)54-30(3)32-10-12-33(13-11-32)47-31(4)53-28-68-47)43-24-45(57-67-43)60-18-16-59(17-19-60)44-14-15-58(27-50(44,51)52)25-35-21-38-34(22-42(35)66-5)20-39(56-55-38)37-8-6-7-9-41(37)63/h6-13,20-22,24,28-30,36,40,44,46,62-63H,14-19,23,25-27H2,1-5H3,(H,54,64)/t30-,36+,40-,44+,46+/m0/s1. The maximum absolute atomic E-state index is 16.1. The predicted octanol–water partition coefficient (Wildman–Crippen LogP) is 7.04. The van der Waals surface area contributed by atoms with Crippen LogP contribution in [0.1, 0.15) is 68.2 Å². The molecule has 15 nitrogen and oxygen atoms in total. The molecule has 6 heterocycles. The van der Waals surface area contributed by atoms with Gasteiger partial charge in [-0.05, 0) is 67.6 Å². The summed E-state index contributed by atoms with van der Waals surface area (Å²) >= 11 is 1.57. The number of hydrogen-bond acceptors (Lipinski definition) is 14. The van der Waals surface area contributed by atoms with E-state index in [1.54, 1.807) is 47.6 Å². The lowest BCUT2D eigenvalue weighted by molar-refractivity contribution is -0.141. The van der Waals surface area contributed by atoms with Crippen LogP contribution < -0.4 is 15.0 Å². The van der Waals surface area contributed by atoms with Gasteiger partial charge in [-0.1, -0.05) is 55.4 Å². The number of aliphatic hydroxyl groups is 1. The van der Waals surface area contributed by atoms with Crippen LogP contribution in [-0.2, 0) is 16.1 Å². The van der Waals surface area contributed by atoms with Gasteiger partial charge in [-0.3, -0.25) is 19.4 Å². The van der Waals surface area contributed by atoms with Crippen molar-refractivity contribution in [2.24, 2.45) is 5.92 Å². The number of aromatic hydroxyl groups is 1. The topological polar surface area (TPSA) is 174 Å². The zero-order valence-electron chi connectivity index (χ0n) is 38.8. The molecule has 0 saturated carbocycles. The monoisotopic (exact) mass is 949 g/mol. The van der Waals surface area contributed by atoms with Crippen LogP contribution in [0.25, 0.3) is 32.6 Å². The molecule has 358 valence electrons. The molecule has 2 amide bonds. The smallest absolute Gasteiger partial charge is 0.275 e. The Morgan fingerprint density at radius 2 is 1.76 bits per heavy atom. The molecule has 0 radical (unpaired) electrons. The number of ether oxygens (including phenoxy) is 1. The lowest BCUT2D eigenvalue weighted by Gasteiger charge is -2.46. The number of alkyl halides is 2. The molecule has 3 saturated heterocycles. The summed E-state index contributed by atoms with van der Waals surface area (Å²) in [7, 11) is 1.55. The number of halogens is 2. The van der Waals surface area contributed by atoms with Gasteiger partial charge in [0.1, 0.15) is 23.5 Å². The molecule has 3 fully saturated rings. The molecule has 3 N–H and O–H groups in total. The minimum Gasteiger partial charge on any atom is -0.507 e. The number of anilines is 1. The van der Waals surface area contributed by atoms with E-state index in [4.69, 9.17) is 9.26 Å². The van der Waals surface area contributed by atoms with Gasteiger partial charge >= 0.3 is 0 Å². The van der Waals surface area contributed by atoms with Gasteiger partial charge in [0.05, 0.1) is 59.1 Å². The van der Waals surface area contributed by atoms with Crippen molar-refractivity contribution in [2.45, 2.75) is 83.2 Å². The molecule has 5 atom stereocenters. The fourth-order valence-corrected chi connectivity index (χ4v) is 10.8. The molecule has 0 aliphatic carbocycles. The molecule has 0 bridgehead atoms. The van der Waals surface area contributed by atoms with Crippen LogP contribution >= 0.6 is 11.3 Å². The Kier molecular flexibility index (Phi) is 13.5. The quantitative estimate of drug-likeness (QED) is 0.108. The van der Waals surface area contributed by atoms with Crippen LogP contribution in [-0.4, -0.2) is 134 Å². The van der Waals surface area contributed by atoms with E-state index in [2.05, 4.69) is 25.7 Å². The molecular formula is C50H57F2N9O6S. The summed E-state index contributed by atoms with van der Waals surface area (Å²) < 4.78 is 43.8. The third kappa shape index (κ3) is 9.64. The number of rotatable bonds is 13. The fraction of sp³-hybridized carbons (Fsp3) is 0.440. The number of phenolic OH excluding ortho intramolecular Hbond substituents is 1. The molecule has 68 heavy (non-hydrogen) atoms. The van der Waals surface area contributed by atoms with Crippen molar-refractivity contribution < 1.29 is 37.8 Å². The second-order valence-corrected chi connectivity index (χ2v) is 19.4. The number of piperazine rings is 1. The number of para-hydroxylation sites is 1. The van der Waals surface area contributed by atoms with Crippen LogP contribution in [0, 0.1) is 12.8 Å². The molecule has 3 aliphatic rings. The number of thiazole rings is 1. The van der Waals surface area contributed by atoms with Gasteiger partial charge in [-0.25, -0.2) is 13.8 Å². The van der Waals surface area contributed by atoms with Gasteiger partial charge in [0.2, 0.25) is 11.8 Å². The Balaban J connectivity index is 0.799. The second-order valence-electron chi connectivity index (χ2n) is 18.6. The van der Waals surface area contributed by atoms with Crippen molar-refractivity contribution in [3.05, 3.63) is 101 Å². The first-order chi connectivity index (χ1) is 32.7. The Hall–Kier alpha value is -6.08. The molecule has 3 aromatic heterocycles. The average Bonchev–Trinajstić information content (AvgIpc) is 4.09. The molecular weight excluding hydrogens is 893 g/mol. The van der Waals surface area contributed by atoms with E-state index >= 15 is 8.78 Å². The van der Waals surface area contributed by atoms with Crippen molar-refractivity contribution in [1.82, 2.24) is 40.4 Å². The highest BCUT2D eigenvalue weighted by molar-refractivity contribution is 7.13. The summed E-state index contributed by atoms with van der Waals surface area (Å²) in [5, 5.41) is 37.9. The zero-order chi connectivity index (χ0) is 47.9. The van der Waals surface area contributed by atoms with Crippen molar-refractivity contribution in [3.8, 4) is 33.2 Å². The molecule has 0 unspecified atom stereocenters. The van der Waals surface area contributed by atoms with Gasteiger partial charge in [0.25, 0.3) is 5.92 Å². The van der Waals surface area contributed by atoms with Gasteiger partial charge in [0.15, 0.2) is 11.6 Å². The average molecular weight is 950 g/mol.